The molecule has 0 bridgehead atoms. The lowest BCUT2D eigenvalue weighted by Gasteiger charge is -1.90. The number of hydrogen-bond acceptors (Lipinski definition) is 4. The lowest BCUT2D eigenvalue weighted by atomic mass is 10.2. The predicted molar refractivity (Wildman–Crippen MR) is 35.9 cm³/mol. The van der Waals surface area contributed by atoms with E-state index in [-0.39, 0.29) is 24.7 Å². The van der Waals surface area contributed by atoms with E-state index in [9.17, 15) is 4.79 Å². The molecule has 2 N–H and O–H groups in total. The molecule has 0 saturated carbocycles. The number of carbonyl (C=O) groups excluding carboxylic acids is 1. The van der Waals surface area contributed by atoms with E-state index in [4.69, 9.17) is 14.6 Å². The highest BCUT2D eigenvalue weighted by molar-refractivity contribution is 5.71. The predicted octanol–water partition coefficient (Wildman–Crippen LogP) is 0.0767. The van der Waals surface area contributed by atoms with Gasteiger partial charge in [0, 0.05) is 5.56 Å². The lowest BCUT2D eigenvalue weighted by molar-refractivity contribution is 0.109. The summed E-state index contributed by atoms with van der Waals surface area (Å²) in [6.07, 6.45) is 0.526. The first-order valence-corrected chi connectivity index (χ1v) is 3.10. The third-order valence-electron chi connectivity index (χ3n) is 1.35. The number of aldehydes is 1. The Hall–Kier alpha value is -1.13. The average molecular weight is 156 g/mol. The van der Waals surface area contributed by atoms with Crippen LogP contribution >= 0.6 is 0 Å². The Kier molecular flexibility index (Phi) is 2.40. The first-order chi connectivity index (χ1) is 5.31. The minimum absolute atomic E-state index is 0.123. The molecule has 1 aromatic heterocycles. The van der Waals surface area contributed by atoms with E-state index < -0.39 is 0 Å². The smallest absolute Gasteiger partial charge is 0.185 e. The topological polar surface area (TPSA) is 70.7 Å². The van der Waals surface area contributed by atoms with Gasteiger partial charge in [-0.05, 0) is 6.07 Å². The minimum atomic E-state index is -0.302. The number of furan rings is 1. The summed E-state index contributed by atoms with van der Waals surface area (Å²) in [6.45, 7) is -0.531. The summed E-state index contributed by atoms with van der Waals surface area (Å²) in [5.41, 5.74) is 0.453. The molecule has 0 aliphatic rings. The van der Waals surface area contributed by atoms with Crippen molar-refractivity contribution in [2.75, 3.05) is 0 Å². The van der Waals surface area contributed by atoms with E-state index in [2.05, 4.69) is 0 Å². The van der Waals surface area contributed by atoms with Crippen LogP contribution in [0.5, 0.6) is 0 Å². The monoisotopic (exact) mass is 156 g/mol. The summed E-state index contributed by atoms with van der Waals surface area (Å²) in [6, 6.07) is 1.40. The van der Waals surface area contributed by atoms with Crippen LogP contribution in [0.4, 0.5) is 0 Å². The van der Waals surface area contributed by atoms with Crippen molar-refractivity contribution < 1.29 is 19.4 Å². The van der Waals surface area contributed by atoms with Gasteiger partial charge in [-0.2, -0.15) is 0 Å². The standard InChI is InChI=1S/C7H8O4/c8-2-5-1-6(3-9)11-7(5)4-10/h1,3,8,10H,2,4H2. The summed E-state index contributed by atoms with van der Waals surface area (Å²) in [5, 5.41) is 17.3. The number of carbonyl (C=O) groups is 1. The summed E-state index contributed by atoms with van der Waals surface area (Å²) >= 11 is 0. The molecule has 4 nitrogen and oxygen atoms in total. The molecular weight excluding hydrogens is 148 g/mol. The van der Waals surface area contributed by atoms with Gasteiger partial charge < -0.3 is 14.6 Å². The molecule has 1 aromatic rings. The van der Waals surface area contributed by atoms with E-state index in [1.165, 1.54) is 6.07 Å². The van der Waals surface area contributed by atoms with Gasteiger partial charge in [-0.1, -0.05) is 0 Å². The molecule has 0 unspecified atom stereocenters. The van der Waals surface area contributed by atoms with E-state index in [0.717, 1.165) is 0 Å². The maximum Gasteiger partial charge on any atom is 0.185 e. The van der Waals surface area contributed by atoms with Crippen LogP contribution in [-0.4, -0.2) is 16.5 Å². The highest BCUT2D eigenvalue weighted by Gasteiger charge is 2.07. The van der Waals surface area contributed by atoms with Crippen LogP contribution < -0.4 is 0 Å². The molecule has 4 heteroatoms. The third-order valence-corrected chi connectivity index (χ3v) is 1.35. The second-order valence-corrected chi connectivity index (χ2v) is 2.03. The first kappa shape index (κ1) is 7.97. The normalized spacial score (nSPS) is 10.0. The molecule has 0 fully saturated rings. The molecule has 0 aliphatic heterocycles. The van der Waals surface area contributed by atoms with Gasteiger partial charge in [-0.15, -0.1) is 0 Å². The molecule has 0 amide bonds. The average Bonchev–Trinajstić information content (AvgIpc) is 2.46. The zero-order valence-electron chi connectivity index (χ0n) is 5.78. The van der Waals surface area contributed by atoms with Gasteiger partial charge in [0.1, 0.15) is 12.4 Å². The third kappa shape index (κ3) is 1.47. The second kappa shape index (κ2) is 3.32. The largest absolute Gasteiger partial charge is 0.455 e. The maximum atomic E-state index is 10.1. The molecule has 0 atom stereocenters. The van der Waals surface area contributed by atoms with Gasteiger partial charge in [0.15, 0.2) is 12.0 Å². The fourth-order valence-electron chi connectivity index (χ4n) is 0.815. The van der Waals surface area contributed by atoms with E-state index >= 15 is 0 Å². The van der Waals surface area contributed by atoms with Crippen molar-refractivity contribution in [1.82, 2.24) is 0 Å². The quantitative estimate of drug-likeness (QED) is 0.608. The van der Waals surface area contributed by atoms with Crippen LogP contribution in [0.15, 0.2) is 10.5 Å². The van der Waals surface area contributed by atoms with Crippen LogP contribution in [0, 0.1) is 0 Å². The number of rotatable bonds is 3. The van der Waals surface area contributed by atoms with E-state index in [1.807, 2.05) is 0 Å². The maximum absolute atomic E-state index is 10.1. The van der Waals surface area contributed by atoms with E-state index in [0.29, 0.717) is 11.8 Å². The zero-order chi connectivity index (χ0) is 8.27. The van der Waals surface area contributed by atoms with Gasteiger partial charge in [-0.25, -0.2) is 0 Å². The van der Waals surface area contributed by atoms with E-state index in [1.54, 1.807) is 0 Å². The van der Waals surface area contributed by atoms with Crippen LogP contribution in [0.2, 0.25) is 0 Å². The second-order valence-electron chi connectivity index (χ2n) is 2.03. The van der Waals surface area contributed by atoms with Crippen molar-refractivity contribution in [2.24, 2.45) is 0 Å². The molecule has 0 radical (unpaired) electrons. The summed E-state index contributed by atoms with van der Waals surface area (Å²) < 4.78 is 4.83. The van der Waals surface area contributed by atoms with Crippen LogP contribution in [-0.2, 0) is 13.2 Å². The van der Waals surface area contributed by atoms with Gasteiger partial charge in [0.2, 0.25) is 0 Å². The van der Waals surface area contributed by atoms with Crippen molar-refractivity contribution in [3.8, 4) is 0 Å². The summed E-state index contributed by atoms with van der Waals surface area (Å²) in [4.78, 5) is 10.1. The van der Waals surface area contributed by atoms with Crippen molar-refractivity contribution in [3.05, 3.63) is 23.2 Å². The Morgan fingerprint density at radius 1 is 1.45 bits per heavy atom. The first-order valence-electron chi connectivity index (χ1n) is 3.10. The molecule has 0 aliphatic carbocycles. The molecule has 0 saturated heterocycles. The molecule has 1 heterocycles. The van der Waals surface area contributed by atoms with Crippen molar-refractivity contribution >= 4 is 6.29 Å². The summed E-state index contributed by atoms with van der Waals surface area (Å²) in [7, 11) is 0. The molecule has 0 spiro atoms. The Balaban J connectivity index is 3.01. The molecule has 0 aromatic carbocycles. The number of hydrogen-bond donors (Lipinski definition) is 2. The van der Waals surface area contributed by atoms with Crippen molar-refractivity contribution in [2.45, 2.75) is 13.2 Å². The molecule has 60 valence electrons. The highest BCUT2D eigenvalue weighted by atomic mass is 16.4. The Morgan fingerprint density at radius 2 is 2.18 bits per heavy atom. The minimum Gasteiger partial charge on any atom is -0.455 e. The molecule has 1 rings (SSSR count). The molecular formula is C7H8O4. The molecule has 11 heavy (non-hydrogen) atoms. The number of aliphatic hydroxyl groups is 2. The van der Waals surface area contributed by atoms with Gasteiger partial charge in [0.25, 0.3) is 0 Å². The van der Waals surface area contributed by atoms with Crippen LogP contribution in [0.25, 0.3) is 0 Å². The van der Waals surface area contributed by atoms with Crippen molar-refractivity contribution in [3.63, 3.8) is 0 Å². The van der Waals surface area contributed by atoms with Crippen LogP contribution in [0.1, 0.15) is 21.9 Å². The number of aliphatic hydroxyl groups excluding tert-OH is 2. The Bertz CT molecular complexity index is 229. The highest BCUT2D eigenvalue weighted by Crippen LogP contribution is 2.13. The lowest BCUT2D eigenvalue weighted by Crippen LogP contribution is -1.86. The van der Waals surface area contributed by atoms with Gasteiger partial charge >= 0.3 is 0 Å². The zero-order valence-corrected chi connectivity index (χ0v) is 5.78. The van der Waals surface area contributed by atoms with Gasteiger partial charge in [0.05, 0.1) is 6.61 Å². The Labute approximate surface area is 63.1 Å². The summed E-state index contributed by atoms with van der Waals surface area (Å²) in [5.74, 6) is 0.368. The van der Waals surface area contributed by atoms with Crippen LogP contribution in [0.3, 0.4) is 0 Å². The Morgan fingerprint density at radius 3 is 2.55 bits per heavy atom. The van der Waals surface area contributed by atoms with Gasteiger partial charge in [-0.3, -0.25) is 4.79 Å². The van der Waals surface area contributed by atoms with Crippen molar-refractivity contribution in [1.29, 1.82) is 0 Å². The fourth-order valence-corrected chi connectivity index (χ4v) is 0.815. The SMILES string of the molecule is O=Cc1cc(CO)c(CO)o1. The fraction of sp³-hybridized carbons (Fsp3) is 0.286.